The summed E-state index contributed by atoms with van der Waals surface area (Å²) in [4.78, 5) is 16.0. The molecule has 51 heavy (non-hydrogen) atoms. The van der Waals surface area contributed by atoms with Crippen LogP contribution < -0.4 is 0 Å². The number of carbonyl (C=O) groups is 1. The molecule has 6 N–H and O–H groups in total. The van der Waals surface area contributed by atoms with Crippen molar-refractivity contribution in [3.8, 4) is 0 Å². The van der Waals surface area contributed by atoms with Crippen LogP contribution in [-0.4, -0.2) is 148 Å². The van der Waals surface area contributed by atoms with Crippen molar-refractivity contribution in [2.45, 2.75) is 167 Å². The van der Waals surface area contributed by atoms with Crippen molar-refractivity contribution in [1.82, 2.24) is 4.90 Å². The van der Waals surface area contributed by atoms with E-state index in [-0.39, 0.29) is 37.3 Å². The number of cyclic esters (lactones) is 1. The Hall–Kier alpha value is -1.30. The number of aliphatic hydroxyl groups is 5. The Morgan fingerprint density at radius 3 is 2.08 bits per heavy atom. The Balaban J connectivity index is 2.18. The molecule has 3 heterocycles. The maximum Gasteiger partial charge on any atom is 0.311 e. The summed E-state index contributed by atoms with van der Waals surface area (Å²) in [5, 5.41) is 67.2. The molecule has 3 rings (SSSR count). The van der Waals surface area contributed by atoms with Crippen LogP contribution in [-0.2, 0) is 33.2 Å². The number of nitrogens with zero attached hydrogens (tertiary/aromatic N) is 1. The first-order chi connectivity index (χ1) is 23.4. The van der Waals surface area contributed by atoms with Crippen molar-refractivity contribution in [2.24, 2.45) is 29.6 Å². The lowest BCUT2D eigenvalue weighted by Crippen LogP contribution is -2.61. The number of likely N-dealkylation sites (N-methyl/N-ethyl adjacent to an activating group) is 1. The standard InChI is InChI=1S/C37H68N2O12/c1-14-25-37(10,45)30(42)20(4)26(38)18(2)16-35(8,44)31(51-34-27(40)24(39(11)12)15-19(3)48-34)21(5)28(22(6)32(43)49-25)50-33-23(7)29(41)36(9,46-13)17-47-33/h18-25,27-31,33-34,38,40-42,44-45H,14-17H2,1-13H3/t18-,19+,20-,21-,22+,23-,24-,25-,27+,28+,29-,30+,31-,33-,34-,35+,36+,37+/m0/s1. The van der Waals surface area contributed by atoms with Gasteiger partial charge in [0.2, 0.25) is 0 Å². The summed E-state index contributed by atoms with van der Waals surface area (Å²) in [6.07, 6.45) is -8.66. The molecule has 0 aromatic heterocycles. The van der Waals surface area contributed by atoms with Gasteiger partial charge in [0.25, 0.3) is 0 Å². The molecular formula is C37H68N2O12. The highest BCUT2D eigenvalue weighted by Crippen LogP contribution is 2.40. The minimum absolute atomic E-state index is 0.000358. The molecule has 0 saturated carbocycles. The lowest BCUT2D eigenvalue weighted by atomic mass is 9.73. The van der Waals surface area contributed by atoms with Crippen LogP contribution in [0, 0.1) is 35.0 Å². The number of methoxy groups -OCH3 is 1. The van der Waals surface area contributed by atoms with Crippen molar-refractivity contribution >= 4 is 11.7 Å². The van der Waals surface area contributed by atoms with Gasteiger partial charge in [-0.2, -0.15) is 0 Å². The zero-order chi connectivity index (χ0) is 39.0. The third-order valence-corrected chi connectivity index (χ3v) is 12.0. The van der Waals surface area contributed by atoms with E-state index in [0.29, 0.717) is 6.42 Å². The molecule has 18 atom stereocenters. The second-order valence-electron chi connectivity index (χ2n) is 16.6. The largest absolute Gasteiger partial charge is 0.459 e. The lowest BCUT2D eigenvalue weighted by Gasteiger charge is -2.49. The number of aliphatic hydroxyl groups excluding tert-OH is 3. The van der Waals surface area contributed by atoms with Gasteiger partial charge in [-0.3, -0.25) is 4.79 Å². The fourth-order valence-corrected chi connectivity index (χ4v) is 8.35. The van der Waals surface area contributed by atoms with E-state index in [1.54, 1.807) is 55.4 Å². The first-order valence-corrected chi connectivity index (χ1v) is 18.5. The van der Waals surface area contributed by atoms with Gasteiger partial charge < -0.3 is 64.3 Å². The van der Waals surface area contributed by atoms with Crippen molar-refractivity contribution < 1.29 is 58.7 Å². The van der Waals surface area contributed by atoms with Crippen molar-refractivity contribution in [3.05, 3.63) is 0 Å². The zero-order valence-corrected chi connectivity index (χ0v) is 33.0. The van der Waals surface area contributed by atoms with Crippen LogP contribution in [0.15, 0.2) is 0 Å². The molecule has 0 aliphatic carbocycles. The maximum atomic E-state index is 14.1. The Kier molecular flexibility index (Phi) is 14.7. The maximum absolute atomic E-state index is 14.1. The average Bonchev–Trinajstić information content (AvgIpc) is 3.06. The van der Waals surface area contributed by atoms with E-state index in [1.165, 1.54) is 14.0 Å². The average molecular weight is 733 g/mol. The number of hydrogen-bond acceptors (Lipinski definition) is 14. The summed E-state index contributed by atoms with van der Waals surface area (Å²) in [5.41, 5.74) is -4.55. The molecule has 0 bridgehead atoms. The van der Waals surface area contributed by atoms with Crippen LogP contribution in [0.25, 0.3) is 0 Å². The lowest BCUT2D eigenvalue weighted by molar-refractivity contribution is -0.319. The second-order valence-corrected chi connectivity index (χ2v) is 16.6. The Labute approximate surface area is 304 Å². The monoisotopic (exact) mass is 732 g/mol. The zero-order valence-electron chi connectivity index (χ0n) is 33.0. The van der Waals surface area contributed by atoms with Crippen LogP contribution >= 0.6 is 0 Å². The highest BCUT2D eigenvalue weighted by Gasteiger charge is 2.53. The van der Waals surface area contributed by atoms with E-state index < -0.39 is 102 Å². The van der Waals surface area contributed by atoms with Gasteiger partial charge in [0, 0.05) is 36.6 Å². The first kappa shape index (κ1) is 44.1. The molecule has 14 nitrogen and oxygen atoms in total. The van der Waals surface area contributed by atoms with Gasteiger partial charge in [0.05, 0.1) is 48.6 Å². The third kappa shape index (κ3) is 9.33. The van der Waals surface area contributed by atoms with E-state index in [1.807, 2.05) is 25.9 Å². The SMILES string of the molecule is CC[C@@H]1OC(=O)[C@H](C)[C@H](O[C@@H]2OC[C@@](C)(OC)[C@@H](O)[C@@H]2C)[C@H](C)[C@H](O[C@@H]2O[C@H](C)C[C@H](N(C)C)[C@H]2O)[C@](C)(O)C[C@H](C)C(=N)[C@H](C)[C@@H](O)[C@]1(C)O. The quantitative estimate of drug-likeness (QED) is 0.208. The number of carbonyl (C=O) groups excluding carboxylic acids is 1. The second kappa shape index (κ2) is 17.0. The predicted molar refractivity (Wildman–Crippen MR) is 189 cm³/mol. The molecule has 3 saturated heterocycles. The van der Waals surface area contributed by atoms with Crippen LogP contribution in [0.1, 0.15) is 88.5 Å². The molecule has 0 spiro atoms. The van der Waals surface area contributed by atoms with E-state index in [0.717, 1.165) is 0 Å². The molecule has 0 radical (unpaired) electrons. The van der Waals surface area contributed by atoms with Crippen LogP contribution in [0.4, 0.5) is 0 Å². The van der Waals surface area contributed by atoms with Gasteiger partial charge >= 0.3 is 5.97 Å². The van der Waals surface area contributed by atoms with Crippen molar-refractivity contribution in [3.63, 3.8) is 0 Å². The van der Waals surface area contributed by atoms with Crippen LogP contribution in [0.2, 0.25) is 0 Å². The van der Waals surface area contributed by atoms with E-state index in [2.05, 4.69) is 0 Å². The molecule has 3 aliphatic heterocycles. The predicted octanol–water partition coefficient (Wildman–Crippen LogP) is 2.09. The minimum atomic E-state index is -1.92. The molecule has 3 aliphatic rings. The molecular weight excluding hydrogens is 664 g/mol. The Bertz CT molecular complexity index is 1170. The van der Waals surface area contributed by atoms with E-state index in [4.69, 9.17) is 33.8 Å². The van der Waals surface area contributed by atoms with E-state index in [9.17, 15) is 30.3 Å². The molecule has 0 aromatic rings. The van der Waals surface area contributed by atoms with Crippen LogP contribution in [0.5, 0.6) is 0 Å². The number of hydrogen-bond donors (Lipinski definition) is 6. The third-order valence-electron chi connectivity index (χ3n) is 12.0. The van der Waals surface area contributed by atoms with Crippen LogP contribution in [0.3, 0.4) is 0 Å². The van der Waals surface area contributed by atoms with Gasteiger partial charge in [-0.25, -0.2) is 0 Å². The van der Waals surface area contributed by atoms with Gasteiger partial charge in [-0.15, -0.1) is 0 Å². The Morgan fingerprint density at radius 2 is 1.53 bits per heavy atom. The first-order valence-electron chi connectivity index (χ1n) is 18.5. The van der Waals surface area contributed by atoms with Gasteiger partial charge in [-0.05, 0) is 73.9 Å². The molecule has 0 unspecified atom stereocenters. The fraction of sp³-hybridized carbons (Fsp3) is 0.946. The summed E-state index contributed by atoms with van der Waals surface area (Å²) in [6, 6.07) is -0.306. The number of rotatable bonds is 7. The topological polar surface area (TPSA) is 201 Å². The summed E-state index contributed by atoms with van der Waals surface area (Å²) in [6.45, 7) is 16.8. The van der Waals surface area contributed by atoms with Gasteiger partial charge in [0.1, 0.15) is 23.4 Å². The molecule has 14 heteroatoms. The highest BCUT2D eigenvalue weighted by molar-refractivity contribution is 5.86. The highest BCUT2D eigenvalue weighted by atomic mass is 16.7. The fourth-order valence-electron chi connectivity index (χ4n) is 8.35. The summed E-state index contributed by atoms with van der Waals surface area (Å²) in [7, 11) is 5.21. The normalized spacial score (nSPS) is 49.7. The summed E-state index contributed by atoms with van der Waals surface area (Å²) < 4.78 is 37.1. The molecule has 298 valence electrons. The summed E-state index contributed by atoms with van der Waals surface area (Å²) in [5.74, 6) is -4.67. The smallest absolute Gasteiger partial charge is 0.311 e. The Morgan fingerprint density at radius 1 is 0.922 bits per heavy atom. The van der Waals surface area contributed by atoms with Crippen molar-refractivity contribution in [1.29, 1.82) is 5.41 Å². The number of nitrogens with one attached hydrogen (secondary N) is 1. The van der Waals surface area contributed by atoms with E-state index >= 15 is 0 Å². The van der Waals surface area contributed by atoms with Gasteiger partial charge in [0.15, 0.2) is 12.6 Å². The molecule has 3 fully saturated rings. The minimum Gasteiger partial charge on any atom is -0.459 e. The molecule has 0 aromatic carbocycles. The summed E-state index contributed by atoms with van der Waals surface area (Å²) >= 11 is 0. The molecule has 0 amide bonds. The number of esters is 1. The van der Waals surface area contributed by atoms with Gasteiger partial charge in [-0.1, -0.05) is 34.6 Å². The van der Waals surface area contributed by atoms with Crippen molar-refractivity contribution in [2.75, 3.05) is 27.8 Å². The number of ether oxygens (including phenoxy) is 6.